The van der Waals surface area contributed by atoms with Crippen LogP contribution >= 0.6 is 0 Å². The van der Waals surface area contributed by atoms with Crippen LogP contribution in [0, 0.1) is 0 Å². The highest BCUT2D eigenvalue weighted by Gasteiger charge is 2.01. The summed E-state index contributed by atoms with van der Waals surface area (Å²) in [5.41, 5.74) is 1.91. The SMILES string of the molecule is O=Cc1ccc2c(ccn2CCCCCCO)c1. The number of hydrogen-bond acceptors (Lipinski definition) is 2. The van der Waals surface area contributed by atoms with E-state index < -0.39 is 0 Å². The molecule has 0 spiro atoms. The third-order valence-corrected chi connectivity index (χ3v) is 3.24. The quantitative estimate of drug-likeness (QED) is 0.602. The number of nitrogens with zero attached hydrogens (tertiary/aromatic N) is 1. The molecular weight excluding hydrogens is 226 g/mol. The first-order valence-electron chi connectivity index (χ1n) is 6.50. The largest absolute Gasteiger partial charge is 0.396 e. The summed E-state index contributed by atoms with van der Waals surface area (Å²) in [5.74, 6) is 0. The van der Waals surface area contributed by atoms with Gasteiger partial charge in [0.1, 0.15) is 6.29 Å². The molecule has 18 heavy (non-hydrogen) atoms. The smallest absolute Gasteiger partial charge is 0.150 e. The summed E-state index contributed by atoms with van der Waals surface area (Å²) in [5, 5.41) is 9.83. The Morgan fingerprint density at radius 1 is 1.11 bits per heavy atom. The first-order valence-corrected chi connectivity index (χ1v) is 6.50. The van der Waals surface area contributed by atoms with E-state index in [0.717, 1.165) is 49.5 Å². The van der Waals surface area contributed by atoms with Gasteiger partial charge in [0, 0.05) is 35.8 Å². The lowest BCUT2D eigenvalue weighted by atomic mass is 10.2. The maximum Gasteiger partial charge on any atom is 0.150 e. The second-order valence-corrected chi connectivity index (χ2v) is 4.58. The zero-order valence-corrected chi connectivity index (χ0v) is 10.5. The Kier molecular flexibility index (Phi) is 4.53. The summed E-state index contributed by atoms with van der Waals surface area (Å²) in [4.78, 5) is 10.7. The second-order valence-electron chi connectivity index (χ2n) is 4.58. The molecule has 0 radical (unpaired) electrons. The molecule has 1 N–H and O–H groups in total. The van der Waals surface area contributed by atoms with Gasteiger partial charge in [0.2, 0.25) is 0 Å². The molecule has 1 aromatic heterocycles. The Bertz CT molecular complexity index is 516. The van der Waals surface area contributed by atoms with E-state index in [4.69, 9.17) is 5.11 Å². The average Bonchev–Trinajstić information content (AvgIpc) is 2.81. The number of carbonyl (C=O) groups is 1. The van der Waals surface area contributed by atoms with Crippen molar-refractivity contribution in [2.75, 3.05) is 6.61 Å². The van der Waals surface area contributed by atoms with Crippen molar-refractivity contribution in [3.63, 3.8) is 0 Å². The number of hydrogen-bond donors (Lipinski definition) is 1. The third kappa shape index (κ3) is 2.99. The number of benzene rings is 1. The van der Waals surface area contributed by atoms with Crippen molar-refractivity contribution in [3.8, 4) is 0 Å². The van der Waals surface area contributed by atoms with E-state index in [0.29, 0.717) is 6.61 Å². The minimum Gasteiger partial charge on any atom is -0.396 e. The van der Waals surface area contributed by atoms with Crippen molar-refractivity contribution in [1.82, 2.24) is 4.57 Å². The van der Waals surface area contributed by atoms with Gasteiger partial charge in [0.25, 0.3) is 0 Å². The summed E-state index contributed by atoms with van der Waals surface area (Å²) < 4.78 is 2.23. The first-order chi connectivity index (χ1) is 8.85. The molecule has 0 fully saturated rings. The van der Waals surface area contributed by atoms with Gasteiger partial charge in [-0.3, -0.25) is 4.79 Å². The molecule has 3 heteroatoms. The first kappa shape index (κ1) is 12.8. The normalized spacial score (nSPS) is 10.9. The molecule has 0 aliphatic carbocycles. The third-order valence-electron chi connectivity index (χ3n) is 3.24. The van der Waals surface area contributed by atoms with Crippen LogP contribution < -0.4 is 0 Å². The van der Waals surface area contributed by atoms with Crippen molar-refractivity contribution in [2.45, 2.75) is 32.2 Å². The van der Waals surface area contributed by atoms with Crippen LogP contribution in [0.15, 0.2) is 30.5 Å². The number of unbranched alkanes of at least 4 members (excludes halogenated alkanes) is 3. The highest BCUT2D eigenvalue weighted by molar-refractivity contribution is 5.87. The highest BCUT2D eigenvalue weighted by atomic mass is 16.2. The lowest BCUT2D eigenvalue weighted by Gasteiger charge is -2.05. The number of aromatic nitrogens is 1. The Morgan fingerprint density at radius 2 is 1.94 bits per heavy atom. The minimum atomic E-state index is 0.293. The zero-order valence-electron chi connectivity index (χ0n) is 10.5. The van der Waals surface area contributed by atoms with Gasteiger partial charge in [0.05, 0.1) is 0 Å². The van der Waals surface area contributed by atoms with Crippen molar-refractivity contribution in [3.05, 3.63) is 36.0 Å². The van der Waals surface area contributed by atoms with E-state index in [-0.39, 0.29) is 0 Å². The molecule has 0 bridgehead atoms. The monoisotopic (exact) mass is 245 g/mol. The summed E-state index contributed by atoms with van der Waals surface area (Å²) in [7, 11) is 0. The van der Waals surface area contributed by atoms with E-state index in [1.54, 1.807) is 0 Å². The van der Waals surface area contributed by atoms with Crippen LogP contribution in [0.3, 0.4) is 0 Å². The summed E-state index contributed by atoms with van der Waals surface area (Å²) >= 11 is 0. The fourth-order valence-corrected chi connectivity index (χ4v) is 2.23. The Labute approximate surface area is 107 Å². The van der Waals surface area contributed by atoms with Crippen molar-refractivity contribution < 1.29 is 9.90 Å². The minimum absolute atomic E-state index is 0.293. The highest BCUT2D eigenvalue weighted by Crippen LogP contribution is 2.18. The van der Waals surface area contributed by atoms with Crippen LogP contribution in [0.1, 0.15) is 36.0 Å². The Hall–Kier alpha value is -1.61. The maximum atomic E-state index is 10.7. The topological polar surface area (TPSA) is 42.2 Å². The van der Waals surface area contributed by atoms with Crippen LogP contribution in [0.25, 0.3) is 10.9 Å². The fraction of sp³-hybridized carbons (Fsp3) is 0.400. The van der Waals surface area contributed by atoms with E-state index in [9.17, 15) is 4.79 Å². The Morgan fingerprint density at radius 3 is 2.72 bits per heavy atom. The molecular formula is C15H19NO2. The number of rotatable bonds is 7. The van der Waals surface area contributed by atoms with Crippen molar-refractivity contribution >= 4 is 17.2 Å². The molecule has 0 atom stereocenters. The van der Waals surface area contributed by atoms with Crippen molar-refractivity contribution in [2.24, 2.45) is 0 Å². The number of aldehydes is 1. The number of aliphatic hydroxyl groups excluding tert-OH is 1. The second kappa shape index (κ2) is 6.36. The number of aryl methyl sites for hydroxylation is 1. The molecule has 0 aliphatic rings. The van der Waals surface area contributed by atoms with Crippen LogP contribution in [-0.2, 0) is 6.54 Å². The predicted octanol–water partition coefficient (Wildman–Crippen LogP) is 3.01. The van der Waals surface area contributed by atoms with Gasteiger partial charge < -0.3 is 9.67 Å². The van der Waals surface area contributed by atoms with Crippen LogP contribution in [0.2, 0.25) is 0 Å². The molecule has 0 amide bonds. The fourth-order valence-electron chi connectivity index (χ4n) is 2.23. The van der Waals surface area contributed by atoms with Gasteiger partial charge in [0.15, 0.2) is 0 Å². The molecule has 1 aromatic carbocycles. The number of carbonyl (C=O) groups excluding carboxylic acids is 1. The molecule has 96 valence electrons. The van der Waals surface area contributed by atoms with Gasteiger partial charge in [-0.2, -0.15) is 0 Å². The predicted molar refractivity (Wildman–Crippen MR) is 72.9 cm³/mol. The number of aliphatic hydroxyl groups is 1. The standard InChI is InChI=1S/C15H19NO2/c17-10-4-2-1-3-8-16-9-7-14-11-13(12-18)5-6-15(14)16/h5-7,9,11-12,17H,1-4,8,10H2. The summed E-state index contributed by atoms with van der Waals surface area (Å²) in [6.45, 7) is 1.29. The molecule has 2 rings (SSSR count). The van der Waals surface area contributed by atoms with Gasteiger partial charge in [-0.25, -0.2) is 0 Å². The molecule has 0 aliphatic heterocycles. The lowest BCUT2D eigenvalue weighted by molar-refractivity contribution is 0.112. The summed E-state index contributed by atoms with van der Waals surface area (Å²) in [6, 6.07) is 7.84. The molecule has 0 saturated carbocycles. The van der Waals surface area contributed by atoms with E-state index in [2.05, 4.69) is 16.8 Å². The number of fused-ring (bicyclic) bond motifs is 1. The Balaban J connectivity index is 1.99. The molecule has 3 nitrogen and oxygen atoms in total. The molecule has 1 heterocycles. The van der Waals surface area contributed by atoms with Crippen LogP contribution in [0.5, 0.6) is 0 Å². The van der Waals surface area contributed by atoms with E-state index in [1.165, 1.54) is 5.52 Å². The van der Waals surface area contributed by atoms with E-state index >= 15 is 0 Å². The molecule has 0 saturated heterocycles. The zero-order chi connectivity index (χ0) is 12.8. The van der Waals surface area contributed by atoms with Gasteiger partial charge in [-0.1, -0.05) is 12.8 Å². The van der Waals surface area contributed by atoms with E-state index in [1.807, 2.05) is 18.2 Å². The summed E-state index contributed by atoms with van der Waals surface area (Å²) in [6.07, 6.45) is 7.21. The molecule has 0 unspecified atom stereocenters. The van der Waals surface area contributed by atoms with Gasteiger partial charge in [-0.15, -0.1) is 0 Å². The van der Waals surface area contributed by atoms with Crippen LogP contribution in [0.4, 0.5) is 0 Å². The van der Waals surface area contributed by atoms with Gasteiger partial charge >= 0.3 is 0 Å². The maximum absolute atomic E-state index is 10.7. The van der Waals surface area contributed by atoms with Crippen LogP contribution in [-0.4, -0.2) is 22.6 Å². The lowest BCUT2D eigenvalue weighted by Crippen LogP contribution is -1.96. The molecule has 2 aromatic rings. The average molecular weight is 245 g/mol. The van der Waals surface area contributed by atoms with Gasteiger partial charge in [-0.05, 0) is 37.1 Å². The van der Waals surface area contributed by atoms with Crippen molar-refractivity contribution in [1.29, 1.82) is 0 Å².